The summed E-state index contributed by atoms with van der Waals surface area (Å²) in [6.07, 6.45) is 11.0. The third-order valence-corrected chi connectivity index (χ3v) is 8.16. The molecule has 32 heavy (non-hydrogen) atoms. The number of fused-ring (bicyclic) bond motifs is 2. The van der Waals surface area contributed by atoms with Crippen LogP contribution in [0.25, 0.3) is 10.8 Å². The monoisotopic (exact) mass is 448 g/mol. The Morgan fingerprint density at radius 1 is 0.844 bits per heavy atom. The molecule has 0 N–H and O–H groups in total. The smallest absolute Gasteiger partial charge is 0.206 e. The van der Waals surface area contributed by atoms with Gasteiger partial charge in [0.05, 0.1) is 5.56 Å². The maximum atomic E-state index is 14.8. The summed E-state index contributed by atoms with van der Waals surface area (Å²) in [6.45, 7) is 2.26. The summed E-state index contributed by atoms with van der Waals surface area (Å²) >= 11 is 0. The van der Waals surface area contributed by atoms with Gasteiger partial charge in [-0.2, -0.15) is 13.2 Å². The minimum absolute atomic E-state index is 0.0664. The lowest BCUT2D eigenvalue weighted by Crippen LogP contribution is -2.30. The van der Waals surface area contributed by atoms with Gasteiger partial charge in [-0.15, -0.1) is 0 Å². The summed E-state index contributed by atoms with van der Waals surface area (Å²) in [5.41, 5.74) is 0.172. The van der Waals surface area contributed by atoms with Crippen LogP contribution in [0.4, 0.5) is 17.6 Å². The minimum atomic E-state index is -4.45. The number of unbranched alkanes of at least 4 members (excludes halogenated alkanes) is 4. The molecule has 4 atom stereocenters. The van der Waals surface area contributed by atoms with Crippen LogP contribution in [0.1, 0.15) is 101 Å². The first-order valence-corrected chi connectivity index (χ1v) is 12.7. The average Bonchev–Trinajstić information content (AvgIpc) is 2.77. The lowest BCUT2D eigenvalue weighted by atomic mass is 9.63. The molecule has 0 spiro atoms. The van der Waals surface area contributed by atoms with Crippen molar-refractivity contribution in [3.05, 3.63) is 47.3 Å². The number of hydrogen-bond acceptors (Lipinski definition) is 0. The van der Waals surface area contributed by atoms with Crippen LogP contribution in [-0.4, -0.2) is 0 Å². The van der Waals surface area contributed by atoms with Gasteiger partial charge in [-0.3, -0.25) is 0 Å². The fraction of sp³-hybridized carbons (Fsp3) is 0.643. The zero-order valence-electron chi connectivity index (χ0n) is 19.2. The van der Waals surface area contributed by atoms with Gasteiger partial charge in [0.2, 0.25) is 0 Å². The van der Waals surface area contributed by atoms with Gasteiger partial charge < -0.3 is 0 Å². The summed E-state index contributed by atoms with van der Waals surface area (Å²) in [7, 11) is 0. The Bertz CT molecular complexity index is 900. The lowest BCUT2D eigenvalue weighted by Gasteiger charge is -2.42. The highest BCUT2D eigenvalue weighted by Crippen LogP contribution is 2.49. The van der Waals surface area contributed by atoms with Crippen molar-refractivity contribution in [2.75, 3.05) is 0 Å². The molecule has 2 fully saturated rings. The van der Waals surface area contributed by atoms with E-state index in [9.17, 15) is 17.6 Å². The molecule has 0 aliphatic heterocycles. The van der Waals surface area contributed by atoms with Crippen molar-refractivity contribution in [3.8, 4) is 0 Å². The Hall–Kier alpha value is -1.58. The molecule has 4 unspecified atom stereocenters. The van der Waals surface area contributed by atoms with Crippen LogP contribution >= 0.6 is 0 Å². The standard InChI is InChI=1S/C28H36F4/c1-2-3-4-5-6-7-19-8-9-21-15-22(11-10-20(21)14-19)24-16-23-12-13-25(28(30,31)32)18-26(23)27(29)17-24/h12-13,16-22H,2-11,14-15H2,1H3. The van der Waals surface area contributed by atoms with E-state index >= 15 is 0 Å². The number of alkyl halides is 3. The van der Waals surface area contributed by atoms with Crippen molar-refractivity contribution in [2.45, 2.75) is 96.1 Å². The fourth-order valence-corrected chi connectivity index (χ4v) is 6.33. The van der Waals surface area contributed by atoms with Crippen LogP contribution in [0.3, 0.4) is 0 Å². The molecule has 176 valence electrons. The largest absolute Gasteiger partial charge is 0.416 e. The fourth-order valence-electron chi connectivity index (χ4n) is 6.33. The maximum Gasteiger partial charge on any atom is 0.416 e. The molecule has 2 saturated carbocycles. The highest BCUT2D eigenvalue weighted by molar-refractivity contribution is 5.84. The van der Waals surface area contributed by atoms with E-state index in [0.717, 1.165) is 48.3 Å². The molecule has 0 nitrogen and oxygen atoms in total. The third-order valence-electron chi connectivity index (χ3n) is 8.16. The Balaban J connectivity index is 1.37. The summed E-state index contributed by atoms with van der Waals surface area (Å²) in [6, 6.07) is 6.84. The molecule has 0 radical (unpaired) electrons. The van der Waals surface area contributed by atoms with Crippen LogP contribution in [0.2, 0.25) is 0 Å². The van der Waals surface area contributed by atoms with Gasteiger partial charge in [-0.1, -0.05) is 64.0 Å². The van der Waals surface area contributed by atoms with Crippen molar-refractivity contribution in [1.82, 2.24) is 0 Å². The molecule has 2 aromatic rings. The van der Waals surface area contributed by atoms with Gasteiger partial charge in [0, 0.05) is 5.39 Å². The number of hydrogen-bond donors (Lipinski definition) is 0. The molecule has 0 heterocycles. The first-order valence-electron chi connectivity index (χ1n) is 12.7. The van der Waals surface area contributed by atoms with Gasteiger partial charge in [-0.05, 0) is 84.9 Å². The second-order valence-electron chi connectivity index (χ2n) is 10.3. The van der Waals surface area contributed by atoms with Crippen molar-refractivity contribution < 1.29 is 17.6 Å². The van der Waals surface area contributed by atoms with Crippen molar-refractivity contribution in [3.63, 3.8) is 0 Å². The Morgan fingerprint density at radius 2 is 1.59 bits per heavy atom. The van der Waals surface area contributed by atoms with Crippen molar-refractivity contribution in [1.29, 1.82) is 0 Å². The Morgan fingerprint density at radius 3 is 2.38 bits per heavy atom. The average molecular weight is 449 g/mol. The lowest BCUT2D eigenvalue weighted by molar-refractivity contribution is -0.137. The summed E-state index contributed by atoms with van der Waals surface area (Å²) in [4.78, 5) is 0. The van der Waals surface area contributed by atoms with Crippen LogP contribution < -0.4 is 0 Å². The minimum Gasteiger partial charge on any atom is -0.206 e. The van der Waals surface area contributed by atoms with Crippen LogP contribution in [0.15, 0.2) is 30.3 Å². The molecule has 4 rings (SSSR count). The first-order chi connectivity index (χ1) is 15.3. The van der Waals surface area contributed by atoms with E-state index in [1.54, 1.807) is 0 Å². The Kier molecular flexibility index (Phi) is 7.47. The highest BCUT2D eigenvalue weighted by Gasteiger charge is 2.36. The van der Waals surface area contributed by atoms with E-state index in [-0.39, 0.29) is 5.39 Å². The summed E-state index contributed by atoms with van der Waals surface area (Å²) < 4.78 is 53.8. The SMILES string of the molecule is CCCCCCCC1CCC2CC(c3cc(F)c4cc(C(F)(F)F)ccc4c3)CCC2C1. The first kappa shape index (κ1) is 23.6. The van der Waals surface area contributed by atoms with Gasteiger partial charge in [-0.25, -0.2) is 4.39 Å². The molecule has 2 aromatic carbocycles. The zero-order valence-corrected chi connectivity index (χ0v) is 19.2. The van der Waals surface area contributed by atoms with Gasteiger partial charge >= 0.3 is 6.18 Å². The number of halogens is 4. The highest BCUT2D eigenvalue weighted by atomic mass is 19.4. The topological polar surface area (TPSA) is 0 Å². The number of benzene rings is 2. The molecule has 2 aliphatic carbocycles. The summed E-state index contributed by atoms with van der Waals surface area (Å²) in [5.74, 6) is 2.20. The molecule has 0 bridgehead atoms. The van der Waals surface area contributed by atoms with Crippen molar-refractivity contribution in [2.24, 2.45) is 17.8 Å². The second kappa shape index (κ2) is 10.1. The zero-order chi connectivity index (χ0) is 22.7. The molecule has 0 amide bonds. The second-order valence-corrected chi connectivity index (χ2v) is 10.3. The predicted octanol–water partition coefficient (Wildman–Crippen LogP) is 9.66. The number of rotatable bonds is 7. The van der Waals surface area contributed by atoms with Crippen LogP contribution in [0.5, 0.6) is 0 Å². The molecule has 0 saturated heterocycles. The van der Waals surface area contributed by atoms with E-state index in [1.165, 1.54) is 76.3 Å². The van der Waals surface area contributed by atoms with Crippen molar-refractivity contribution >= 4 is 10.8 Å². The Labute approximate surface area is 189 Å². The van der Waals surface area contributed by atoms with E-state index < -0.39 is 17.6 Å². The molecule has 0 aromatic heterocycles. The molecular formula is C28H36F4. The normalized spacial score (nSPS) is 26.3. The maximum absolute atomic E-state index is 14.8. The van der Waals surface area contributed by atoms with Crippen LogP contribution in [-0.2, 0) is 6.18 Å². The van der Waals surface area contributed by atoms with E-state index in [1.807, 2.05) is 6.07 Å². The van der Waals surface area contributed by atoms with E-state index in [0.29, 0.717) is 11.3 Å². The van der Waals surface area contributed by atoms with Gasteiger partial charge in [0.1, 0.15) is 5.82 Å². The molecular weight excluding hydrogens is 412 g/mol. The third kappa shape index (κ3) is 5.48. The van der Waals surface area contributed by atoms with Gasteiger partial charge in [0.15, 0.2) is 0 Å². The van der Waals surface area contributed by atoms with E-state index in [4.69, 9.17) is 0 Å². The summed E-state index contributed by atoms with van der Waals surface area (Å²) in [5, 5.41) is 0.638. The van der Waals surface area contributed by atoms with Crippen LogP contribution in [0, 0.1) is 23.6 Å². The van der Waals surface area contributed by atoms with Gasteiger partial charge in [0.25, 0.3) is 0 Å². The van der Waals surface area contributed by atoms with E-state index in [2.05, 4.69) is 6.92 Å². The quantitative estimate of drug-likeness (QED) is 0.292. The molecule has 4 heteroatoms. The predicted molar refractivity (Wildman–Crippen MR) is 123 cm³/mol. The molecule has 2 aliphatic rings.